The summed E-state index contributed by atoms with van der Waals surface area (Å²) >= 11 is 1.68. The molecule has 0 spiro atoms. The Labute approximate surface area is 116 Å². The van der Waals surface area contributed by atoms with E-state index in [1.165, 1.54) is 19.3 Å². The van der Waals surface area contributed by atoms with Crippen molar-refractivity contribution in [2.45, 2.75) is 25.3 Å². The first kappa shape index (κ1) is 12.6. The van der Waals surface area contributed by atoms with Gasteiger partial charge in [-0.2, -0.15) is 0 Å². The Hall–Kier alpha value is -1.46. The van der Waals surface area contributed by atoms with Gasteiger partial charge >= 0.3 is 0 Å². The first-order chi connectivity index (χ1) is 9.36. The predicted molar refractivity (Wildman–Crippen MR) is 76.5 cm³/mol. The molecule has 4 nitrogen and oxygen atoms in total. The average molecular weight is 275 g/mol. The molecule has 3 heterocycles. The summed E-state index contributed by atoms with van der Waals surface area (Å²) in [5.41, 5.74) is 2.21. The first-order valence-electron chi connectivity index (χ1n) is 6.56. The van der Waals surface area contributed by atoms with Gasteiger partial charge in [-0.3, -0.25) is 0 Å². The lowest BCUT2D eigenvalue weighted by atomic mass is 10.0. The Morgan fingerprint density at radius 2 is 2.32 bits per heavy atom. The van der Waals surface area contributed by atoms with E-state index >= 15 is 0 Å². The minimum absolute atomic E-state index is 0.421. The highest BCUT2D eigenvalue weighted by atomic mass is 32.1. The van der Waals surface area contributed by atoms with Crippen molar-refractivity contribution >= 4 is 11.3 Å². The molecule has 1 aliphatic heterocycles. The van der Waals surface area contributed by atoms with E-state index in [-0.39, 0.29) is 0 Å². The maximum absolute atomic E-state index is 5.07. The van der Waals surface area contributed by atoms with Crippen LogP contribution in [0.3, 0.4) is 0 Å². The van der Waals surface area contributed by atoms with Crippen molar-refractivity contribution in [3.05, 3.63) is 29.4 Å². The second kappa shape index (κ2) is 5.67. The molecule has 1 fully saturated rings. The predicted octanol–water partition coefficient (Wildman–Crippen LogP) is 3.03. The molecule has 0 aromatic carbocycles. The number of methoxy groups -OCH3 is 1. The van der Waals surface area contributed by atoms with Crippen LogP contribution in [0.2, 0.25) is 0 Å². The first-order valence-corrected chi connectivity index (χ1v) is 7.44. The van der Waals surface area contributed by atoms with Crippen molar-refractivity contribution in [1.29, 1.82) is 0 Å². The Balaban J connectivity index is 1.79. The van der Waals surface area contributed by atoms with Crippen LogP contribution in [0.5, 0.6) is 5.88 Å². The van der Waals surface area contributed by atoms with Crippen LogP contribution in [0, 0.1) is 0 Å². The standard InChI is InChI=1S/C14H17N3OS/c1-18-13-6-5-10(8-16-13)14-17-12(9-19-14)11-4-2-3-7-15-11/h5-6,8-9,11,15H,2-4,7H2,1H3. The van der Waals surface area contributed by atoms with Gasteiger partial charge in [0.05, 0.1) is 18.8 Å². The molecule has 2 aromatic rings. The topological polar surface area (TPSA) is 47.0 Å². The van der Waals surface area contributed by atoms with Gasteiger partial charge in [0.15, 0.2) is 0 Å². The SMILES string of the molecule is COc1ccc(-c2nc(C3CCCCN3)cs2)cn1. The molecule has 3 rings (SSSR count). The Bertz CT molecular complexity index is 532. The number of piperidine rings is 1. The van der Waals surface area contributed by atoms with E-state index in [4.69, 9.17) is 9.72 Å². The summed E-state index contributed by atoms with van der Waals surface area (Å²) in [6.45, 7) is 1.10. The van der Waals surface area contributed by atoms with Gasteiger partial charge in [0.25, 0.3) is 0 Å². The second-order valence-electron chi connectivity index (χ2n) is 4.67. The molecule has 1 aliphatic rings. The van der Waals surface area contributed by atoms with E-state index in [9.17, 15) is 0 Å². The van der Waals surface area contributed by atoms with Gasteiger partial charge in [-0.1, -0.05) is 6.42 Å². The quantitative estimate of drug-likeness (QED) is 0.935. The molecule has 19 heavy (non-hydrogen) atoms. The average Bonchev–Trinajstić information content (AvgIpc) is 2.98. The van der Waals surface area contributed by atoms with Crippen molar-refractivity contribution in [2.75, 3.05) is 13.7 Å². The largest absolute Gasteiger partial charge is 0.481 e. The van der Waals surface area contributed by atoms with Gasteiger partial charge in [-0.15, -0.1) is 11.3 Å². The summed E-state index contributed by atoms with van der Waals surface area (Å²) in [6, 6.07) is 4.29. The van der Waals surface area contributed by atoms with Crippen LogP contribution < -0.4 is 10.1 Å². The van der Waals surface area contributed by atoms with E-state index in [1.807, 2.05) is 18.3 Å². The minimum atomic E-state index is 0.421. The summed E-state index contributed by atoms with van der Waals surface area (Å²) in [4.78, 5) is 8.96. The minimum Gasteiger partial charge on any atom is -0.481 e. The maximum Gasteiger partial charge on any atom is 0.212 e. The molecule has 0 aliphatic carbocycles. The Morgan fingerprint density at radius 1 is 1.37 bits per heavy atom. The fourth-order valence-electron chi connectivity index (χ4n) is 2.31. The van der Waals surface area contributed by atoms with E-state index in [1.54, 1.807) is 18.4 Å². The van der Waals surface area contributed by atoms with Gasteiger partial charge in [-0.25, -0.2) is 9.97 Å². The lowest BCUT2D eigenvalue weighted by Crippen LogP contribution is -2.26. The molecule has 1 N–H and O–H groups in total. The van der Waals surface area contributed by atoms with E-state index in [0.717, 1.165) is 22.8 Å². The summed E-state index contributed by atoms with van der Waals surface area (Å²) in [5.74, 6) is 0.634. The third-order valence-corrected chi connectivity index (χ3v) is 4.29. The third-order valence-electron chi connectivity index (χ3n) is 3.38. The van der Waals surface area contributed by atoms with Crippen molar-refractivity contribution in [2.24, 2.45) is 0 Å². The smallest absolute Gasteiger partial charge is 0.212 e. The molecule has 5 heteroatoms. The normalized spacial score (nSPS) is 19.3. The van der Waals surface area contributed by atoms with Crippen LogP contribution >= 0.6 is 11.3 Å². The highest BCUT2D eigenvalue weighted by Crippen LogP contribution is 2.29. The number of pyridine rings is 1. The highest BCUT2D eigenvalue weighted by Gasteiger charge is 2.17. The number of nitrogens with zero attached hydrogens (tertiary/aromatic N) is 2. The fraction of sp³-hybridized carbons (Fsp3) is 0.429. The second-order valence-corrected chi connectivity index (χ2v) is 5.53. The highest BCUT2D eigenvalue weighted by molar-refractivity contribution is 7.13. The van der Waals surface area contributed by atoms with Crippen LogP contribution in [0.15, 0.2) is 23.7 Å². The zero-order valence-corrected chi connectivity index (χ0v) is 11.7. The lowest BCUT2D eigenvalue weighted by Gasteiger charge is -2.21. The van der Waals surface area contributed by atoms with Gasteiger partial charge in [0.2, 0.25) is 5.88 Å². The van der Waals surface area contributed by atoms with E-state index < -0.39 is 0 Å². The van der Waals surface area contributed by atoms with Crippen molar-refractivity contribution in [1.82, 2.24) is 15.3 Å². The molecule has 0 saturated carbocycles. The zero-order chi connectivity index (χ0) is 13.1. The molecule has 0 amide bonds. The van der Waals surface area contributed by atoms with Crippen molar-refractivity contribution in [3.8, 4) is 16.5 Å². The maximum atomic E-state index is 5.07. The van der Waals surface area contributed by atoms with Gasteiger partial charge in [0, 0.05) is 23.2 Å². The molecular weight excluding hydrogens is 258 g/mol. The lowest BCUT2D eigenvalue weighted by molar-refractivity contribution is 0.398. The van der Waals surface area contributed by atoms with E-state index in [0.29, 0.717) is 11.9 Å². The summed E-state index contributed by atoms with van der Waals surface area (Å²) in [6.07, 6.45) is 5.56. The monoisotopic (exact) mass is 275 g/mol. The zero-order valence-electron chi connectivity index (χ0n) is 10.9. The van der Waals surface area contributed by atoms with E-state index in [2.05, 4.69) is 15.7 Å². The summed E-state index contributed by atoms with van der Waals surface area (Å²) in [5, 5.41) is 6.71. The summed E-state index contributed by atoms with van der Waals surface area (Å²) in [7, 11) is 1.62. The van der Waals surface area contributed by atoms with Gasteiger partial charge in [-0.05, 0) is 25.5 Å². The Morgan fingerprint density at radius 3 is 3.00 bits per heavy atom. The van der Waals surface area contributed by atoms with Gasteiger partial charge in [0.1, 0.15) is 5.01 Å². The molecular formula is C14H17N3OS. The number of rotatable bonds is 3. The van der Waals surface area contributed by atoms with Crippen LogP contribution in [0.4, 0.5) is 0 Å². The molecule has 1 unspecified atom stereocenters. The van der Waals surface area contributed by atoms with Crippen molar-refractivity contribution < 1.29 is 4.74 Å². The Kier molecular flexibility index (Phi) is 3.75. The van der Waals surface area contributed by atoms with Gasteiger partial charge < -0.3 is 10.1 Å². The molecule has 1 atom stereocenters. The van der Waals surface area contributed by atoms with Crippen LogP contribution in [-0.2, 0) is 0 Å². The van der Waals surface area contributed by atoms with Crippen LogP contribution in [-0.4, -0.2) is 23.6 Å². The molecule has 2 aromatic heterocycles. The number of thiazole rings is 1. The molecule has 0 bridgehead atoms. The molecule has 1 saturated heterocycles. The number of nitrogens with one attached hydrogen (secondary N) is 1. The number of hydrogen-bond donors (Lipinski definition) is 1. The summed E-state index contributed by atoms with van der Waals surface area (Å²) < 4.78 is 5.07. The number of aromatic nitrogens is 2. The molecule has 0 radical (unpaired) electrons. The van der Waals surface area contributed by atoms with Crippen molar-refractivity contribution in [3.63, 3.8) is 0 Å². The van der Waals surface area contributed by atoms with Crippen LogP contribution in [0.1, 0.15) is 31.0 Å². The third kappa shape index (κ3) is 2.77. The fourth-order valence-corrected chi connectivity index (χ4v) is 3.17. The molecule has 100 valence electrons. The van der Waals surface area contributed by atoms with Crippen LogP contribution in [0.25, 0.3) is 10.6 Å². The number of hydrogen-bond acceptors (Lipinski definition) is 5. The number of ether oxygens (including phenoxy) is 1.